The Morgan fingerprint density at radius 3 is 2.38 bits per heavy atom. The van der Waals surface area contributed by atoms with Crippen LogP contribution in [-0.4, -0.2) is 5.78 Å². The number of halogens is 4. The van der Waals surface area contributed by atoms with Gasteiger partial charge in [-0.25, -0.2) is 0 Å². The van der Waals surface area contributed by atoms with Crippen LogP contribution in [0, 0.1) is 5.92 Å². The lowest BCUT2D eigenvalue weighted by molar-refractivity contribution is -0.137. The topological polar surface area (TPSA) is 17.1 Å². The van der Waals surface area contributed by atoms with Crippen LogP contribution in [0.25, 0.3) is 10.4 Å². The molecule has 0 aliphatic carbocycles. The molecule has 1 aromatic heterocycles. The molecule has 0 fully saturated rings. The number of hydrogen-bond acceptors (Lipinski definition) is 2. The van der Waals surface area contributed by atoms with Gasteiger partial charge in [-0.2, -0.15) is 13.2 Å². The summed E-state index contributed by atoms with van der Waals surface area (Å²) in [6.45, 7) is 3.60. The van der Waals surface area contributed by atoms with Gasteiger partial charge in [0.05, 0.1) is 10.4 Å². The molecule has 0 aliphatic heterocycles. The predicted molar refractivity (Wildman–Crippen MR) is 78.9 cm³/mol. The molecule has 2 rings (SSSR count). The Hall–Kier alpha value is -1.33. The monoisotopic (exact) mass is 332 g/mol. The van der Waals surface area contributed by atoms with E-state index in [1.807, 2.05) is 0 Å². The Balaban J connectivity index is 2.37. The third-order valence-corrected chi connectivity index (χ3v) is 4.38. The third kappa shape index (κ3) is 3.47. The number of thiophene rings is 1. The first-order chi connectivity index (χ1) is 9.70. The van der Waals surface area contributed by atoms with E-state index in [0.29, 0.717) is 15.3 Å². The van der Waals surface area contributed by atoms with Gasteiger partial charge in [0, 0.05) is 21.4 Å². The summed E-state index contributed by atoms with van der Waals surface area (Å²) in [7, 11) is 0. The maximum absolute atomic E-state index is 12.6. The fraction of sp³-hybridized carbons (Fsp3) is 0.267. The van der Waals surface area contributed by atoms with Crippen molar-refractivity contribution < 1.29 is 18.0 Å². The van der Waals surface area contributed by atoms with E-state index in [-0.39, 0.29) is 16.7 Å². The molecule has 1 nitrogen and oxygen atoms in total. The SMILES string of the molecule is CC(C)C(=O)c1ccc(-c2ccc(C(F)(F)F)cc2Cl)s1. The van der Waals surface area contributed by atoms with E-state index < -0.39 is 11.7 Å². The van der Waals surface area contributed by atoms with Crippen LogP contribution < -0.4 is 0 Å². The van der Waals surface area contributed by atoms with Crippen LogP contribution in [0.3, 0.4) is 0 Å². The fourth-order valence-corrected chi connectivity index (χ4v) is 3.26. The smallest absolute Gasteiger partial charge is 0.293 e. The molecule has 0 N–H and O–H groups in total. The first-order valence-corrected chi connectivity index (χ1v) is 7.40. The summed E-state index contributed by atoms with van der Waals surface area (Å²) >= 11 is 7.18. The highest BCUT2D eigenvalue weighted by atomic mass is 35.5. The second kappa shape index (κ2) is 5.81. The van der Waals surface area contributed by atoms with Crippen molar-refractivity contribution in [2.24, 2.45) is 5.92 Å². The first kappa shape index (κ1) is 16.0. The number of hydrogen-bond donors (Lipinski definition) is 0. The molecule has 6 heteroatoms. The molecule has 0 saturated heterocycles. The molecule has 2 aromatic rings. The lowest BCUT2D eigenvalue weighted by Gasteiger charge is -2.09. The summed E-state index contributed by atoms with van der Waals surface area (Å²) in [4.78, 5) is 13.1. The summed E-state index contributed by atoms with van der Waals surface area (Å²) in [6.07, 6.45) is -4.42. The lowest BCUT2D eigenvalue weighted by Crippen LogP contribution is -2.04. The van der Waals surface area contributed by atoms with Crippen LogP contribution in [0.2, 0.25) is 5.02 Å². The van der Waals surface area contributed by atoms with Gasteiger partial charge in [0.15, 0.2) is 5.78 Å². The highest BCUT2D eigenvalue weighted by molar-refractivity contribution is 7.17. The number of Topliss-reactive ketones (excluding diaryl/α,β-unsaturated/α-hetero) is 1. The summed E-state index contributed by atoms with van der Waals surface area (Å²) in [5.41, 5.74) is -0.288. The van der Waals surface area contributed by atoms with Gasteiger partial charge >= 0.3 is 6.18 Å². The minimum Gasteiger partial charge on any atom is -0.293 e. The van der Waals surface area contributed by atoms with Crippen LogP contribution in [0.1, 0.15) is 29.1 Å². The van der Waals surface area contributed by atoms with Gasteiger partial charge in [-0.15, -0.1) is 11.3 Å². The van der Waals surface area contributed by atoms with Crippen molar-refractivity contribution in [2.75, 3.05) is 0 Å². The van der Waals surface area contributed by atoms with E-state index in [1.165, 1.54) is 17.4 Å². The van der Waals surface area contributed by atoms with Gasteiger partial charge in [-0.3, -0.25) is 4.79 Å². The Morgan fingerprint density at radius 1 is 1.19 bits per heavy atom. The number of rotatable bonds is 3. The molecule has 0 saturated carbocycles. The normalized spacial score (nSPS) is 12.0. The van der Waals surface area contributed by atoms with Crippen LogP contribution in [0.4, 0.5) is 13.2 Å². The second-order valence-corrected chi connectivity index (χ2v) is 6.37. The van der Waals surface area contributed by atoms with Gasteiger partial charge in [0.2, 0.25) is 0 Å². The van der Waals surface area contributed by atoms with Crippen molar-refractivity contribution in [1.29, 1.82) is 0 Å². The van der Waals surface area contributed by atoms with Crippen molar-refractivity contribution in [1.82, 2.24) is 0 Å². The number of alkyl halides is 3. The molecule has 0 radical (unpaired) electrons. The molecule has 0 unspecified atom stereocenters. The molecule has 21 heavy (non-hydrogen) atoms. The number of carbonyl (C=O) groups is 1. The molecule has 0 spiro atoms. The summed E-state index contributed by atoms with van der Waals surface area (Å²) < 4.78 is 37.8. The number of benzene rings is 1. The highest BCUT2D eigenvalue weighted by Crippen LogP contribution is 2.38. The Kier molecular flexibility index (Phi) is 4.44. The van der Waals surface area contributed by atoms with Crippen molar-refractivity contribution >= 4 is 28.7 Å². The number of ketones is 1. The van der Waals surface area contributed by atoms with Crippen molar-refractivity contribution in [3.05, 3.63) is 45.8 Å². The minimum atomic E-state index is -4.42. The van der Waals surface area contributed by atoms with Gasteiger partial charge < -0.3 is 0 Å². The van der Waals surface area contributed by atoms with Gasteiger partial charge in [-0.05, 0) is 24.3 Å². The minimum absolute atomic E-state index is 0.00860. The molecular weight excluding hydrogens is 321 g/mol. The van der Waals surface area contributed by atoms with E-state index >= 15 is 0 Å². The molecule has 112 valence electrons. The summed E-state index contributed by atoms with van der Waals surface area (Å²) in [6, 6.07) is 6.61. The zero-order chi connectivity index (χ0) is 15.8. The van der Waals surface area contributed by atoms with Crippen LogP contribution in [-0.2, 0) is 6.18 Å². The van der Waals surface area contributed by atoms with Crippen molar-refractivity contribution in [3.8, 4) is 10.4 Å². The van der Waals surface area contributed by atoms with Gasteiger partial charge in [0.1, 0.15) is 0 Å². The quantitative estimate of drug-likeness (QED) is 0.637. The summed E-state index contributed by atoms with van der Waals surface area (Å²) in [5.74, 6) is -0.117. The maximum atomic E-state index is 12.6. The standard InChI is InChI=1S/C15H12ClF3OS/c1-8(2)14(20)13-6-5-12(21-13)10-4-3-9(7-11(10)16)15(17,18)19/h3-8H,1-2H3. The zero-order valence-electron chi connectivity index (χ0n) is 11.3. The zero-order valence-corrected chi connectivity index (χ0v) is 12.9. The largest absolute Gasteiger partial charge is 0.416 e. The number of carbonyl (C=O) groups excluding carboxylic acids is 1. The highest BCUT2D eigenvalue weighted by Gasteiger charge is 2.31. The van der Waals surface area contributed by atoms with E-state index in [0.717, 1.165) is 12.1 Å². The Labute approximate surface area is 129 Å². The van der Waals surface area contributed by atoms with Gasteiger partial charge in [0.25, 0.3) is 0 Å². The molecule has 0 atom stereocenters. The average molecular weight is 333 g/mol. The predicted octanol–water partition coefficient (Wildman–Crippen LogP) is 5.93. The molecule has 0 bridgehead atoms. The van der Waals surface area contributed by atoms with Crippen molar-refractivity contribution in [3.63, 3.8) is 0 Å². The Bertz CT molecular complexity index is 674. The maximum Gasteiger partial charge on any atom is 0.416 e. The van der Waals surface area contributed by atoms with E-state index in [1.54, 1.807) is 26.0 Å². The lowest BCUT2D eigenvalue weighted by atomic mass is 10.1. The fourth-order valence-electron chi connectivity index (χ4n) is 1.79. The first-order valence-electron chi connectivity index (χ1n) is 6.21. The molecule has 1 aromatic carbocycles. The van der Waals surface area contributed by atoms with Crippen molar-refractivity contribution in [2.45, 2.75) is 20.0 Å². The van der Waals surface area contributed by atoms with Crippen LogP contribution >= 0.6 is 22.9 Å². The van der Waals surface area contributed by atoms with Gasteiger partial charge in [-0.1, -0.05) is 31.5 Å². The van der Waals surface area contributed by atoms with E-state index in [2.05, 4.69) is 0 Å². The molecule has 0 aliphatic rings. The average Bonchev–Trinajstić information content (AvgIpc) is 2.85. The van der Waals surface area contributed by atoms with E-state index in [4.69, 9.17) is 11.6 Å². The Morgan fingerprint density at radius 2 is 1.86 bits per heavy atom. The van der Waals surface area contributed by atoms with Crippen LogP contribution in [0.5, 0.6) is 0 Å². The third-order valence-electron chi connectivity index (χ3n) is 2.94. The summed E-state index contributed by atoms with van der Waals surface area (Å²) in [5, 5.41) is 0.0234. The molecular formula is C15H12ClF3OS. The molecule has 0 amide bonds. The molecule has 1 heterocycles. The van der Waals surface area contributed by atoms with E-state index in [9.17, 15) is 18.0 Å². The second-order valence-electron chi connectivity index (χ2n) is 4.88. The van der Waals surface area contributed by atoms with Crippen LogP contribution in [0.15, 0.2) is 30.3 Å².